The minimum Gasteiger partial charge on any atom is -0.457 e. The van der Waals surface area contributed by atoms with Crippen LogP contribution in [0.5, 0.6) is 11.5 Å². The molecular formula is C34H38FN3O4. The molecule has 7 nitrogen and oxygen atoms in total. The van der Waals surface area contributed by atoms with E-state index in [4.69, 9.17) is 14.6 Å². The number of nitrogens with zero attached hydrogens (tertiary/aromatic N) is 3. The summed E-state index contributed by atoms with van der Waals surface area (Å²) >= 11 is 0. The van der Waals surface area contributed by atoms with Crippen molar-refractivity contribution in [2.24, 2.45) is 5.92 Å². The molecule has 0 saturated carbocycles. The van der Waals surface area contributed by atoms with Crippen LogP contribution in [0, 0.1) is 18.7 Å². The Morgan fingerprint density at radius 1 is 0.976 bits per heavy atom. The Hall–Kier alpha value is -4.04. The molecule has 0 aliphatic carbocycles. The Kier molecular flexibility index (Phi) is 9.32. The molecule has 1 amide bonds. The Balaban J connectivity index is 1.13. The quantitative estimate of drug-likeness (QED) is 0.140. The number of hydrogen-bond acceptors (Lipinski definition) is 5. The highest BCUT2D eigenvalue weighted by Gasteiger charge is 2.24. The first-order valence-electron chi connectivity index (χ1n) is 14.7. The number of halogens is 1. The summed E-state index contributed by atoms with van der Waals surface area (Å²) in [5.41, 5.74) is 3.25. The largest absolute Gasteiger partial charge is 0.457 e. The Labute approximate surface area is 246 Å². The first-order chi connectivity index (χ1) is 20.3. The molecule has 0 bridgehead atoms. The molecule has 1 saturated heterocycles. The molecule has 2 heterocycles. The lowest BCUT2D eigenvalue weighted by Gasteiger charge is -2.32. The van der Waals surface area contributed by atoms with Crippen LogP contribution >= 0.6 is 0 Å². The van der Waals surface area contributed by atoms with Crippen LogP contribution in [0.2, 0.25) is 0 Å². The van der Waals surface area contributed by atoms with Gasteiger partial charge in [0.05, 0.1) is 11.6 Å². The van der Waals surface area contributed by atoms with Crippen molar-refractivity contribution in [1.82, 2.24) is 14.7 Å². The first kappa shape index (κ1) is 29.5. The lowest BCUT2D eigenvalue weighted by atomic mass is 9.96. The normalized spacial score (nSPS) is 14.1. The second-order valence-corrected chi connectivity index (χ2v) is 11.3. The van der Waals surface area contributed by atoms with Crippen molar-refractivity contribution >= 4 is 22.6 Å². The fourth-order valence-corrected chi connectivity index (χ4v) is 5.43. The van der Waals surface area contributed by atoms with E-state index < -0.39 is 0 Å². The molecule has 0 radical (unpaired) electrons. The molecule has 0 atom stereocenters. The summed E-state index contributed by atoms with van der Waals surface area (Å²) in [5.74, 6) is 1.37. The van der Waals surface area contributed by atoms with Gasteiger partial charge in [-0.25, -0.2) is 4.39 Å². The predicted octanol–water partition coefficient (Wildman–Crippen LogP) is 7.22. The van der Waals surface area contributed by atoms with Crippen molar-refractivity contribution in [3.8, 4) is 11.5 Å². The monoisotopic (exact) mass is 571 g/mol. The van der Waals surface area contributed by atoms with Gasteiger partial charge in [-0.3, -0.25) is 14.3 Å². The predicted molar refractivity (Wildman–Crippen MR) is 161 cm³/mol. The van der Waals surface area contributed by atoms with Gasteiger partial charge in [-0.2, -0.15) is 5.10 Å². The lowest BCUT2D eigenvalue weighted by molar-refractivity contribution is 0.0681. The van der Waals surface area contributed by atoms with E-state index in [0.29, 0.717) is 55.5 Å². The fraction of sp³-hybridized carbons (Fsp3) is 0.382. The van der Waals surface area contributed by atoms with Crippen LogP contribution in [0.25, 0.3) is 10.9 Å². The standard InChI is InChI=1S/C34H38FN3O4/c1-23(2)41-20-4-5-33(39)30-14-15-32-31(24(30)3)22-38(36-32)21-25-16-18-37(19-17-25)34(40)26-6-10-28(11-7-26)42-29-12-8-27(35)9-13-29/h6-15,22-23,25H,4-5,16-21H2,1-3H3. The molecule has 0 unspecified atom stereocenters. The van der Waals surface area contributed by atoms with Gasteiger partial charge in [0, 0.05) is 55.4 Å². The Bertz CT molecular complexity index is 1520. The van der Waals surface area contributed by atoms with Gasteiger partial charge in [0.15, 0.2) is 5.78 Å². The maximum atomic E-state index is 13.1. The van der Waals surface area contributed by atoms with Gasteiger partial charge >= 0.3 is 0 Å². The van der Waals surface area contributed by atoms with E-state index in [1.165, 1.54) is 12.1 Å². The van der Waals surface area contributed by atoms with E-state index in [0.717, 1.165) is 41.4 Å². The third-order valence-electron chi connectivity index (χ3n) is 7.80. The maximum Gasteiger partial charge on any atom is 0.253 e. The second-order valence-electron chi connectivity index (χ2n) is 11.3. The lowest BCUT2D eigenvalue weighted by Crippen LogP contribution is -2.39. The zero-order valence-corrected chi connectivity index (χ0v) is 24.5. The number of ether oxygens (including phenoxy) is 2. The van der Waals surface area contributed by atoms with Crippen LogP contribution in [0.15, 0.2) is 66.9 Å². The number of benzene rings is 3. The number of hydrogen-bond donors (Lipinski definition) is 0. The van der Waals surface area contributed by atoms with Crippen LogP contribution in [-0.2, 0) is 11.3 Å². The summed E-state index contributed by atoms with van der Waals surface area (Å²) in [5, 5.41) is 5.79. The molecule has 4 aromatic rings. The average molecular weight is 572 g/mol. The SMILES string of the molecule is Cc1c(C(=O)CCCOC(C)C)ccc2nn(CC3CCN(C(=O)c4ccc(Oc5ccc(F)cc5)cc4)CC3)cc12. The molecule has 1 aliphatic rings. The summed E-state index contributed by atoms with van der Waals surface area (Å²) < 4.78 is 26.4. The van der Waals surface area contributed by atoms with E-state index in [-0.39, 0.29) is 23.6 Å². The first-order valence-corrected chi connectivity index (χ1v) is 14.7. The topological polar surface area (TPSA) is 73.7 Å². The molecule has 1 aromatic heterocycles. The molecule has 1 fully saturated rings. The third kappa shape index (κ3) is 7.23. The van der Waals surface area contributed by atoms with E-state index in [2.05, 4.69) is 6.20 Å². The van der Waals surface area contributed by atoms with Gasteiger partial charge in [-0.05, 0) is 112 Å². The highest BCUT2D eigenvalue weighted by molar-refractivity contribution is 6.01. The van der Waals surface area contributed by atoms with E-state index in [1.54, 1.807) is 36.4 Å². The summed E-state index contributed by atoms with van der Waals surface area (Å²) in [6, 6.07) is 16.7. The van der Waals surface area contributed by atoms with Gasteiger partial charge in [0.1, 0.15) is 17.3 Å². The van der Waals surface area contributed by atoms with Gasteiger partial charge in [0.2, 0.25) is 0 Å². The molecular weight excluding hydrogens is 533 g/mol. The van der Waals surface area contributed by atoms with Gasteiger partial charge in [-0.15, -0.1) is 0 Å². The van der Waals surface area contributed by atoms with Gasteiger partial charge in [0.25, 0.3) is 5.91 Å². The van der Waals surface area contributed by atoms with E-state index in [1.807, 2.05) is 42.5 Å². The summed E-state index contributed by atoms with van der Waals surface area (Å²) in [7, 11) is 0. The van der Waals surface area contributed by atoms with Crippen molar-refractivity contribution in [2.75, 3.05) is 19.7 Å². The molecule has 0 spiro atoms. The Morgan fingerprint density at radius 2 is 1.64 bits per heavy atom. The fourth-order valence-electron chi connectivity index (χ4n) is 5.43. The highest BCUT2D eigenvalue weighted by Crippen LogP contribution is 2.26. The van der Waals surface area contributed by atoms with Crippen molar-refractivity contribution in [2.45, 2.75) is 59.1 Å². The van der Waals surface area contributed by atoms with Gasteiger partial charge in [-0.1, -0.05) is 0 Å². The summed E-state index contributed by atoms with van der Waals surface area (Å²) in [6.07, 6.45) is 5.20. The Morgan fingerprint density at radius 3 is 2.31 bits per heavy atom. The average Bonchev–Trinajstić information content (AvgIpc) is 3.40. The number of piperidine rings is 1. The number of carbonyl (C=O) groups is 2. The summed E-state index contributed by atoms with van der Waals surface area (Å²) in [4.78, 5) is 27.9. The molecule has 8 heteroatoms. The molecule has 220 valence electrons. The molecule has 42 heavy (non-hydrogen) atoms. The van der Waals surface area contributed by atoms with Crippen LogP contribution in [-0.4, -0.2) is 52.2 Å². The van der Waals surface area contributed by atoms with Crippen molar-refractivity contribution in [3.63, 3.8) is 0 Å². The number of aromatic nitrogens is 2. The number of carbonyl (C=O) groups excluding carboxylic acids is 2. The highest BCUT2D eigenvalue weighted by atomic mass is 19.1. The number of fused-ring (bicyclic) bond motifs is 1. The van der Waals surface area contributed by atoms with Crippen LogP contribution in [0.1, 0.15) is 65.8 Å². The summed E-state index contributed by atoms with van der Waals surface area (Å²) in [6.45, 7) is 8.74. The zero-order chi connectivity index (χ0) is 29.6. The number of aryl methyl sites for hydroxylation is 1. The maximum absolute atomic E-state index is 13.1. The number of likely N-dealkylation sites (tertiary alicyclic amines) is 1. The number of ketones is 1. The smallest absolute Gasteiger partial charge is 0.253 e. The van der Waals surface area contributed by atoms with Gasteiger partial charge < -0.3 is 14.4 Å². The number of Topliss-reactive ketones (excluding diaryl/α,β-unsaturated/α-hetero) is 1. The second kappa shape index (κ2) is 13.3. The van der Waals surface area contributed by atoms with Crippen molar-refractivity contribution < 1.29 is 23.5 Å². The molecule has 1 aliphatic heterocycles. The zero-order valence-electron chi connectivity index (χ0n) is 24.5. The van der Waals surface area contributed by atoms with Crippen LogP contribution in [0.3, 0.4) is 0 Å². The number of rotatable bonds is 11. The molecule has 3 aromatic carbocycles. The minimum absolute atomic E-state index is 0.00944. The van der Waals surface area contributed by atoms with E-state index >= 15 is 0 Å². The van der Waals surface area contributed by atoms with Crippen molar-refractivity contribution in [3.05, 3.63) is 89.4 Å². The molecule has 5 rings (SSSR count). The third-order valence-corrected chi connectivity index (χ3v) is 7.80. The number of amides is 1. The minimum atomic E-state index is -0.318. The van der Waals surface area contributed by atoms with Crippen LogP contribution in [0.4, 0.5) is 4.39 Å². The van der Waals surface area contributed by atoms with E-state index in [9.17, 15) is 14.0 Å². The van der Waals surface area contributed by atoms with Crippen molar-refractivity contribution in [1.29, 1.82) is 0 Å². The molecule has 0 N–H and O–H groups in total. The van der Waals surface area contributed by atoms with Crippen LogP contribution < -0.4 is 4.74 Å².